The van der Waals surface area contributed by atoms with E-state index in [4.69, 9.17) is 16.3 Å². The van der Waals surface area contributed by atoms with Crippen molar-refractivity contribution >= 4 is 23.5 Å². The van der Waals surface area contributed by atoms with E-state index >= 15 is 0 Å². The van der Waals surface area contributed by atoms with E-state index < -0.39 is 23.6 Å². The summed E-state index contributed by atoms with van der Waals surface area (Å²) in [5.41, 5.74) is -0.309. The van der Waals surface area contributed by atoms with Crippen molar-refractivity contribution in [1.29, 1.82) is 0 Å². The van der Waals surface area contributed by atoms with E-state index in [-0.39, 0.29) is 37.1 Å². The molecule has 230 valence electrons. The smallest absolute Gasteiger partial charge is 0.435 e. The number of ether oxygens (including phenoxy) is 1. The highest BCUT2D eigenvalue weighted by molar-refractivity contribution is 6.30. The van der Waals surface area contributed by atoms with Crippen LogP contribution in [0, 0.1) is 23.6 Å². The van der Waals surface area contributed by atoms with Crippen LogP contribution in [0.25, 0.3) is 0 Å². The molecule has 43 heavy (non-hydrogen) atoms. The Kier molecular flexibility index (Phi) is 8.23. The number of amides is 1. The van der Waals surface area contributed by atoms with Crippen LogP contribution in [0.4, 0.5) is 23.5 Å². The third-order valence-corrected chi connectivity index (χ3v) is 9.19. The first-order valence-electron chi connectivity index (χ1n) is 14.6. The second-order valence-electron chi connectivity index (χ2n) is 11.7. The van der Waals surface area contributed by atoms with Crippen LogP contribution in [0.3, 0.4) is 0 Å². The zero-order chi connectivity index (χ0) is 30.3. The Bertz CT molecular complexity index is 1470. The van der Waals surface area contributed by atoms with E-state index in [9.17, 15) is 22.4 Å². The van der Waals surface area contributed by atoms with Crippen LogP contribution in [0.15, 0.2) is 30.6 Å². The maximum atomic E-state index is 14.9. The molecule has 8 nitrogen and oxygen atoms in total. The van der Waals surface area contributed by atoms with E-state index in [1.165, 1.54) is 35.2 Å². The monoisotopic (exact) mass is 620 g/mol. The lowest BCUT2D eigenvalue weighted by atomic mass is 9.90. The van der Waals surface area contributed by atoms with E-state index in [2.05, 4.69) is 20.0 Å². The van der Waals surface area contributed by atoms with Gasteiger partial charge in [-0.25, -0.2) is 14.4 Å². The highest BCUT2D eigenvalue weighted by Crippen LogP contribution is 2.50. The molecule has 1 saturated heterocycles. The molecular weight excluding hydrogens is 588 g/mol. The van der Waals surface area contributed by atoms with Crippen LogP contribution in [-0.2, 0) is 37.4 Å². The van der Waals surface area contributed by atoms with Gasteiger partial charge in [-0.15, -0.1) is 0 Å². The fraction of sp³-hybridized carbons (Fsp3) is 0.533. The van der Waals surface area contributed by atoms with Crippen LogP contribution in [0.1, 0.15) is 48.2 Å². The second-order valence-corrected chi connectivity index (χ2v) is 12.1. The highest BCUT2D eigenvalue weighted by atomic mass is 35.5. The molecule has 2 aromatic heterocycles. The largest absolute Gasteiger partial charge is 0.493 e. The number of piperidine rings is 1. The molecule has 1 unspecified atom stereocenters. The molecule has 2 atom stereocenters. The first-order chi connectivity index (χ1) is 20.6. The molecule has 0 radical (unpaired) electrons. The van der Waals surface area contributed by atoms with Crippen molar-refractivity contribution in [2.24, 2.45) is 24.8 Å². The van der Waals surface area contributed by atoms with Gasteiger partial charge in [0.2, 0.25) is 11.9 Å². The van der Waals surface area contributed by atoms with Gasteiger partial charge in [-0.1, -0.05) is 17.7 Å². The molecule has 1 amide bonds. The van der Waals surface area contributed by atoms with Gasteiger partial charge in [0.1, 0.15) is 11.6 Å². The Morgan fingerprint density at radius 3 is 2.58 bits per heavy atom. The summed E-state index contributed by atoms with van der Waals surface area (Å²) in [7, 11) is 1.47. The lowest BCUT2D eigenvalue weighted by molar-refractivity contribution is -0.143. The standard InChI is InChI=1S/C30H33ClF4N6O2/c1-39-26-6-10-41(17-24(26)28(38-39)30(33,34)35)27(42)13-20-2-3-22(14-25(20)32)43-11-7-19-12-23(19)18-4-8-40(9-5-18)29-36-15-21(31)16-37-29/h2-3,14-16,18-19,23H,4-13,17H2,1H3/t19-,23?/m1/s1. The summed E-state index contributed by atoms with van der Waals surface area (Å²) in [5, 5.41) is 4.15. The van der Waals surface area contributed by atoms with Crippen LogP contribution in [-0.4, -0.2) is 56.8 Å². The molecule has 3 aliphatic rings. The molecule has 0 spiro atoms. The number of hydrogen-bond acceptors (Lipinski definition) is 6. The molecule has 3 aromatic rings. The predicted octanol–water partition coefficient (Wildman–Crippen LogP) is 5.47. The van der Waals surface area contributed by atoms with Crippen LogP contribution in [0.2, 0.25) is 5.02 Å². The predicted molar refractivity (Wildman–Crippen MR) is 151 cm³/mol. The van der Waals surface area contributed by atoms with Gasteiger partial charge in [-0.3, -0.25) is 9.48 Å². The van der Waals surface area contributed by atoms with E-state index in [1.807, 2.05) is 0 Å². The number of carbonyl (C=O) groups is 1. The van der Waals surface area contributed by atoms with Crippen LogP contribution >= 0.6 is 11.6 Å². The Labute approximate surface area is 252 Å². The molecule has 2 aliphatic heterocycles. The highest BCUT2D eigenvalue weighted by Gasteiger charge is 2.43. The number of alkyl halides is 3. The third kappa shape index (κ3) is 6.58. The van der Waals surface area contributed by atoms with Crippen molar-refractivity contribution in [2.45, 2.75) is 51.2 Å². The van der Waals surface area contributed by atoms with Crippen LogP contribution in [0.5, 0.6) is 5.75 Å². The molecule has 2 fully saturated rings. The van der Waals surface area contributed by atoms with Crippen molar-refractivity contribution < 1.29 is 27.1 Å². The Hall–Kier alpha value is -3.41. The summed E-state index contributed by atoms with van der Waals surface area (Å²) in [6, 6.07) is 4.43. The van der Waals surface area contributed by atoms with Gasteiger partial charge < -0.3 is 14.5 Å². The molecule has 0 bridgehead atoms. The minimum absolute atomic E-state index is 0.00900. The van der Waals surface area contributed by atoms with Gasteiger partial charge in [-0.2, -0.15) is 18.3 Å². The Morgan fingerprint density at radius 2 is 1.88 bits per heavy atom. The Morgan fingerprint density at radius 1 is 1.14 bits per heavy atom. The SMILES string of the molecule is Cn1nc(C(F)(F)F)c2c1CCN(C(=O)Cc1ccc(OCC[C@@H]3CC3C3CCN(c4ncc(Cl)cn4)CC3)cc1F)C2. The zero-order valence-electron chi connectivity index (χ0n) is 23.8. The number of aryl methyl sites for hydroxylation is 1. The molecule has 4 heterocycles. The normalized spacial score (nSPS) is 20.7. The van der Waals surface area contributed by atoms with Gasteiger partial charge in [0.25, 0.3) is 0 Å². The van der Waals surface area contributed by atoms with Crippen molar-refractivity contribution in [2.75, 3.05) is 31.1 Å². The molecule has 13 heteroatoms. The summed E-state index contributed by atoms with van der Waals surface area (Å²) < 4.78 is 62.2. The average molecular weight is 621 g/mol. The number of anilines is 1. The number of aromatic nitrogens is 4. The van der Waals surface area contributed by atoms with E-state index in [1.54, 1.807) is 18.5 Å². The number of nitrogens with zero attached hydrogens (tertiary/aromatic N) is 6. The quantitative estimate of drug-likeness (QED) is 0.311. The maximum absolute atomic E-state index is 14.9. The summed E-state index contributed by atoms with van der Waals surface area (Å²) in [6.07, 6.45) is 2.94. The fourth-order valence-electron chi connectivity index (χ4n) is 6.57. The van der Waals surface area contributed by atoms with Crippen molar-refractivity contribution in [3.63, 3.8) is 0 Å². The molecule has 1 aliphatic carbocycles. The number of hydrogen-bond donors (Lipinski definition) is 0. The summed E-state index contributed by atoms with van der Waals surface area (Å²) in [6.45, 7) is 2.40. The van der Waals surface area contributed by atoms with E-state index in [0.29, 0.717) is 40.8 Å². The summed E-state index contributed by atoms with van der Waals surface area (Å²) in [5.74, 6) is 2.09. The fourth-order valence-corrected chi connectivity index (χ4v) is 6.67. The third-order valence-electron chi connectivity index (χ3n) is 9.00. The topological polar surface area (TPSA) is 76.4 Å². The number of fused-ring (bicyclic) bond motifs is 1. The number of halogens is 5. The number of benzene rings is 1. The zero-order valence-corrected chi connectivity index (χ0v) is 24.5. The number of carbonyl (C=O) groups excluding carboxylic acids is 1. The second kappa shape index (κ2) is 11.9. The first-order valence-corrected chi connectivity index (χ1v) is 15.0. The molecular formula is C30H33ClF4N6O2. The van der Waals surface area contributed by atoms with Crippen molar-refractivity contribution in [3.05, 3.63) is 63.9 Å². The van der Waals surface area contributed by atoms with Gasteiger partial charge in [0, 0.05) is 57.0 Å². The van der Waals surface area contributed by atoms with Gasteiger partial charge in [0.05, 0.1) is 30.4 Å². The van der Waals surface area contributed by atoms with Crippen molar-refractivity contribution in [1.82, 2.24) is 24.6 Å². The lowest BCUT2D eigenvalue weighted by Gasteiger charge is -2.32. The number of rotatable bonds is 8. The van der Waals surface area contributed by atoms with Gasteiger partial charge >= 0.3 is 6.18 Å². The van der Waals surface area contributed by atoms with Gasteiger partial charge in [0.15, 0.2) is 5.69 Å². The maximum Gasteiger partial charge on any atom is 0.435 e. The molecule has 1 aromatic carbocycles. The first kappa shape index (κ1) is 29.7. The van der Waals surface area contributed by atoms with E-state index in [0.717, 1.165) is 38.3 Å². The molecule has 1 saturated carbocycles. The lowest BCUT2D eigenvalue weighted by Crippen LogP contribution is -2.37. The summed E-state index contributed by atoms with van der Waals surface area (Å²) in [4.78, 5) is 25.1. The Balaban J connectivity index is 0.947. The average Bonchev–Trinajstić information content (AvgIpc) is 3.68. The molecule has 6 rings (SSSR count). The minimum atomic E-state index is -4.61. The van der Waals surface area contributed by atoms with Gasteiger partial charge in [-0.05, 0) is 55.1 Å². The van der Waals surface area contributed by atoms with Crippen LogP contribution < -0.4 is 9.64 Å². The molecule has 0 N–H and O–H groups in total. The minimum Gasteiger partial charge on any atom is -0.493 e. The summed E-state index contributed by atoms with van der Waals surface area (Å²) >= 11 is 5.89. The van der Waals surface area contributed by atoms with Crippen molar-refractivity contribution in [3.8, 4) is 5.75 Å².